The third-order valence-corrected chi connectivity index (χ3v) is 7.23. The minimum absolute atomic E-state index is 0.101. The van der Waals surface area contributed by atoms with Gasteiger partial charge in [0.1, 0.15) is 6.54 Å². The lowest BCUT2D eigenvalue weighted by Crippen LogP contribution is -2.43. The minimum atomic E-state index is -0.538. The predicted molar refractivity (Wildman–Crippen MR) is 154 cm³/mol. The molecule has 1 aromatic heterocycles. The van der Waals surface area contributed by atoms with Crippen LogP contribution >= 0.6 is 0 Å². The highest BCUT2D eigenvalue weighted by Crippen LogP contribution is 2.19. The number of amides is 2. The van der Waals surface area contributed by atoms with Crippen molar-refractivity contribution >= 4 is 22.7 Å². The molecule has 0 saturated carbocycles. The highest BCUT2D eigenvalue weighted by molar-refractivity contribution is 5.81. The molecule has 0 atom stereocenters. The van der Waals surface area contributed by atoms with Gasteiger partial charge in [-0.05, 0) is 69.6 Å². The summed E-state index contributed by atoms with van der Waals surface area (Å²) in [6.07, 6.45) is 8.94. The number of nitrogens with one attached hydrogen (secondary N) is 2. The van der Waals surface area contributed by atoms with Gasteiger partial charge in [0, 0.05) is 26.1 Å². The summed E-state index contributed by atoms with van der Waals surface area (Å²) in [5.74, 6) is -0.388. The van der Waals surface area contributed by atoms with Gasteiger partial charge in [-0.3, -0.25) is 23.5 Å². The molecule has 0 saturated heterocycles. The first-order valence-corrected chi connectivity index (χ1v) is 13.9. The number of carbonyl (C=O) groups is 2. The van der Waals surface area contributed by atoms with E-state index in [1.54, 1.807) is 24.3 Å². The summed E-state index contributed by atoms with van der Waals surface area (Å²) in [5, 5.41) is 6.20. The smallest absolute Gasteiger partial charge is 0.331 e. The Morgan fingerprint density at radius 3 is 2.38 bits per heavy atom. The second kappa shape index (κ2) is 13.7. The number of hydrogen-bond acceptors (Lipinski definition) is 4. The van der Waals surface area contributed by atoms with E-state index in [0.29, 0.717) is 30.4 Å². The number of nitrogens with zero attached hydrogens (tertiary/aromatic N) is 2. The van der Waals surface area contributed by atoms with E-state index in [-0.39, 0.29) is 31.3 Å². The van der Waals surface area contributed by atoms with Gasteiger partial charge in [-0.25, -0.2) is 4.79 Å². The van der Waals surface area contributed by atoms with Gasteiger partial charge in [-0.1, -0.05) is 53.6 Å². The van der Waals surface area contributed by atoms with Gasteiger partial charge in [-0.15, -0.1) is 0 Å². The Labute approximate surface area is 228 Å². The zero-order valence-electron chi connectivity index (χ0n) is 22.7. The van der Waals surface area contributed by atoms with Crippen molar-refractivity contribution in [2.75, 3.05) is 13.1 Å². The number of benzene rings is 2. The van der Waals surface area contributed by atoms with Gasteiger partial charge in [0.05, 0.1) is 10.9 Å². The predicted octanol–water partition coefficient (Wildman–Crippen LogP) is 3.62. The van der Waals surface area contributed by atoms with Crippen molar-refractivity contribution in [2.24, 2.45) is 0 Å². The first-order valence-electron chi connectivity index (χ1n) is 13.9. The Morgan fingerprint density at radius 2 is 1.62 bits per heavy atom. The van der Waals surface area contributed by atoms with Gasteiger partial charge in [0.25, 0.3) is 5.56 Å². The summed E-state index contributed by atoms with van der Waals surface area (Å²) < 4.78 is 2.50. The number of rotatable bonds is 12. The summed E-state index contributed by atoms with van der Waals surface area (Å²) in [5.41, 5.74) is 3.21. The van der Waals surface area contributed by atoms with Crippen molar-refractivity contribution in [1.82, 2.24) is 19.8 Å². The molecule has 206 valence electrons. The summed E-state index contributed by atoms with van der Waals surface area (Å²) in [6, 6.07) is 15.0. The van der Waals surface area contributed by atoms with Crippen LogP contribution in [0.3, 0.4) is 0 Å². The van der Waals surface area contributed by atoms with Crippen LogP contribution in [0.2, 0.25) is 0 Å². The van der Waals surface area contributed by atoms with E-state index in [1.165, 1.54) is 28.5 Å². The maximum absolute atomic E-state index is 13.3. The lowest BCUT2D eigenvalue weighted by molar-refractivity contribution is -0.122. The first-order chi connectivity index (χ1) is 18.9. The zero-order valence-corrected chi connectivity index (χ0v) is 22.7. The van der Waals surface area contributed by atoms with Crippen LogP contribution in [-0.2, 0) is 29.1 Å². The minimum Gasteiger partial charge on any atom is -0.356 e. The summed E-state index contributed by atoms with van der Waals surface area (Å²) in [4.78, 5) is 51.5. The van der Waals surface area contributed by atoms with E-state index in [9.17, 15) is 19.2 Å². The zero-order chi connectivity index (χ0) is 27.6. The molecular formula is C31H38N4O4. The largest absolute Gasteiger partial charge is 0.356 e. The quantitative estimate of drug-likeness (QED) is 0.349. The molecule has 4 rings (SSSR count). The van der Waals surface area contributed by atoms with Gasteiger partial charge >= 0.3 is 5.69 Å². The number of allylic oxidation sites excluding steroid dienone is 1. The van der Waals surface area contributed by atoms with Crippen molar-refractivity contribution in [3.05, 3.63) is 92.1 Å². The molecule has 0 spiro atoms. The van der Waals surface area contributed by atoms with Crippen molar-refractivity contribution in [3.8, 4) is 0 Å². The lowest BCUT2D eigenvalue weighted by atomic mass is 9.97. The highest BCUT2D eigenvalue weighted by Gasteiger charge is 2.16. The van der Waals surface area contributed by atoms with Crippen LogP contribution in [0.5, 0.6) is 0 Å². The van der Waals surface area contributed by atoms with Crippen LogP contribution in [0.15, 0.2) is 69.8 Å². The third-order valence-electron chi connectivity index (χ3n) is 7.23. The molecule has 1 aliphatic rings. The molecule has 2 amide bonds. The second-order valence-electron chi connectivity index (χ2n) is 10.2. The number of para-hydroxylation sites is 1. The number of hydrogen-bond donors (Lipinski definition) is 2. The van der Waals surface area contributed by atoms with Crippen LogP contribution < -0.4 is 21.9 Å². The van der Waals surface area contributed by atoms with E-state index < -0.39 is 11.2 Å². The molecular weight excluding hydrogens is 492 g/mol. The van der Waals surface area contributed by atoms with E-state index in [4.69, 9.17) is 0 Å². The van der Waals surface area contributed by atoms with Gasteiger partial charge in [-0.2, -0.15) is 0 Å². The van der Waals surface area contributed by atoms with E-state index in [2.05, 4.69) is 16.7 Å². The highest BCUT2D eigenvalue weighted by atomic mass is 16.2. The average Bonchev–Trinajstić information content (AvgIpc) is 2.94. The number of carbonyl (C=O) groups excluding carboxylic acids is 2. The molecule has 8 heteroatoms. The molecule has 2 aromatic carbocycles. The van der Waals surface area contributed by atoms with Crippen molar-refractivity contribution in [3.63, 3.8) is 0 Å². The van der Waals surface area contributed by atoms with Gasteiger partial charge in [0.15, 0.2) is 0 Å². The van der Waals surface area contributed by atoms with Crippen molar-refractivity contribution in [2.45, 2.75) is 71.4 Å². The van der Waals surface area contributed by atoms with Gasteiger partial charge in [0.2, 0.25) is 11.8 Å². The van der Waals surface area contributed by atoms with Crippen LogP contribution in [0.1, 0.15) is 56.1 Å². The Bertz CT molecular complexity index is 1450. The Kier molecular flexibility index (Phi) is 9.89. The number of aryl methyl sites for hydroxylation is 1. The molecule has 0 radical (unpaired) electrons. The fourth-order valence-corrected chi connectivity index (χ4v) is 5.00. The molecule has 3 aromatic rings. The number of aromatic nitrogens is 2. The number of fused-ring (bicyclic) bond motifs is 1. The average molecular weight is 531 g/mol. The maximum atomic E-state index is 13.3. The molecule has 0 bridgehead atoms. The van der Waals surface area contributed by atoms with Gasteiger partial charge < -0.3 is 10.6 Å². The maximum Gasteiger partial charge on any atom is 0.331 e. The fraction of sp³-hybridized carbons (Fsp3) is 0.419. The lowest BCUT2D eigenvalue weighted by Gasteiger charge is -2.15. The van der Waals surface area contributed by atoms with E-state index in [1.807, 2.05) is 31.2 Å². The summed E-state index contributed by atoms with van der Waals surface area (Å²) >= 11 is 0. The van der Waals surface area contributed by atoms with Crippen molar-refractivity contribution < 1.29 is 9.59 Å². The first kappa shape index (κ1) is 28.1. The third kappa shape index (κ3) is 7.78. The monoisotopic (exact) mass is 530 g/mol. The SMILES string of the molecule is Cc1ccc(CCNC(=O)CCCn2c(=O)c3ccccc3n(CC(=O)NCCC3=CCCCC3)c2=O)cc1. The molecule has 0 aliphatic heterocycles. The summed E-state index contributed by atoms with van der Waals surface area (Å²) in [6.45, 7) is 3.02. The molecule has 0 unspecified atom stereocenters. The Balaban J connectivity index is 1.36. The molecule has 2 N–H and O–H groups in total. The van der Waals surface area contributed by atoms with Crippen LogP contribution in [0.4, 0.5) is 0 Å². The Hall–Kier alpha value is -3.94. The van der Waals surface area contributed by atoms with Crippen LogP contribution in [-0.4, -0.2) is 34.0 Å². The normalized spacial score (nSPS) is 13.2. The Morgan fingerprint density at radius 1 is 0.872 bits per heavy atom. The molecule has 0 fully saturated rings. The molecule has 8 nitrogen and oxygen atoms in total. The summed E-state index contributed by atoms with van der Waals surface area (Å²) in [7, 11) is 0. The fourth-order valence-electron chi connectivity index (χ4n) is 5.00. The molecule has 1 heterocycles. The standard InChI is InChI=1S/C31H38N4O4/c1-23-13-15-25(16-14-23)18-19-32-28(36)12-7-21-34-30(38)26-10-5-6-11-27(26)35(31(34)39)22-29(37)33-20-17-24-8-3-2-4-9-24/h5-6,8,10-11,13-16H,2-4,7,9,12,17-22H2,1H3,(H,32,36)(H,33,37). The van der Waals surface area contributed by atoms with E-state index >= 15 is 0 Å². The van der Waals surface area contributed by atoms with Crippen LogP contribution in [0.25, 0.3) is 10.9 Å². The topological polar surface area (TPSA) is 102 Å². The second-order valence-corrected chi connectivity index (χ2v) is 10.2. The molecule has 1 aliphatic carbocycles. The van der Waals surface area contributed by atoms with Crippen molar-refractivity contribution in [1.29, 1.82) is 0 Å². The molecule has 39 heavy (non-hydrogen) atoms. The van der Waals surface area contributed by atoms with E-state index in [0.717, 1.165) is 35.8 Å². The van der Waals surface area contributed by atoms with Crippen LogP contribution in [0, 0.1) is 6.92 Å².